The van der Waals surface area contributed by atoms with Crippen molar-refractivity contribution in [3.63, 3.8) is 0 Å². The number of aromatic nitrogens is 9. The van der Waals surface area contributed by atoms with Crippen molar-refractivity contribution >= 4 is 65.4 Å². The lowest BCUT2D eigenvalue weighted by molar-refractivity contribution is 1.07. The molecule has 6 heterocycles. The van der Waals surface area contributed by atoms with E-state index < -0.39 is 0 Å². The van der Waals surface area contributed by atoms with Crippen LogP contribution in [-0.4, -0.2) is 43.6 Å². The molecular formula is C54H33N9. The second-order valence-corrected chi connectivity index (χ2v) is 15.7. The second kappa shape index (κ2) is 13.9. The number of hydrogen-bond donors (Lipinski definition) is 0. The quantitative estimate of drug-likeness (QED) is 0.166. The van der Waals surface area contributed by atoms with Crippen LogP contribution in [0.4, 0.5) is 0 Å². The molecule has 63 heavy (non-hydrogen) atoms. The third-order valence-electron chi connectivity index (χ3n) is 12.1. The molecule has 0 atom stereocenters. The molecule has 9 nitrogen and oxygen atoms in total. The van der Waals surface area contributed by atoms with Gasteiger partial charge in [-0.05, 0) is 54.6 Å². The Kier molecular flexibility index (Phi) is 7.70. The average Bonchev–Trinajstić information content (AvgIpc) is 4.00. The highest BCUT2D eigenvalue weighted by Crippen LogP contribution is 2.36. The predicted molar refractivity (Wildman–Crippen MR) is 253 cm³/mol. The summed E-state index contributed by atoms with van der Waals surface area (Å²) in [5.41, 5.74) is 11.6. The van der Waals surface area contributed by atoms with E-state index in [1.54, 1.807) is 0 Å². The van der Waals surface area contributed by atoms with E-state index in [1.165, 1.54) is 32.3 Å². The molecule has 0 saturated heterocycles. The smallest absolute Gasteiger partial charge is 0.159 e. The first-order valence-electron chi connectivity index (χ1n) is 20.8. The maximum atomic E-state index is 4.98. The van der Waals surface area contributed by atoms with Gasteiger partial charge < -0.3 is 13.7 Å². The number of hydrogen-bond acceptors (Lipinski definition) is 6. The van der Waals surface area contributed by atoms with Gasteiger partial charge in [0.15, 0.2) is 17.5 Å². The highest BCUT2D eigenvalue weighted by molar-refractivity contribution is 6.11. The zero-order valence-electron chi connectivity index (χ0n) is 33.6. The summed E-state index contributed by atoms with van der Waals surface area (Å²) in [6.07, 6.45) is 11.3. The summed E-state index contributed by atoms with van der Waals surface area (Å²) in [5, 5.41) is 7.10. The largest absolute Gasteiger partial charge is 0.306 e. The van der Waals surface area contributed by atoms with Gasteiger partial charge in [-0.25, -0.2) is 29.9 Å². The van der Waals surface area contributed by atoms with E-state index >= 15 is 0 Å². The Balaban J connectivity index is 0.933. The van der Waals surface area contributed by atoms with Crippen molar-refractivity contribution in [1.82, 2.24) is 43.6 Å². The van der Waals surface area contributed by atoms with Crippen LogP contribution in [0.5, 0.6) is 0 Å². The summed E-state index contributed by atoms with van der Waals surface area (Å²) in [6.45, 7) is 0. The highest BCUT2D eigenvalue weighted by atomic mass is 15.0. The standard InChI is InChI=1S/C54H33N9/c1-7-19-46-40(13-1)41-14-2-8-20-47(41)61(46)37-28-55-52(56-29-37)34-25-35(53-57-30-38(31-58-53)62-48-21-9-3-15-42(48)43-16-4-10-22-49(43)62)27-36(26-34)54-59-32-39(33-60-54)63-50-23-11-5-17-44(50)45-18-6-12-24-51(45)63/h1-33H. The van der Waals surface area contributed by atoms with Crippen LogP contribution in [0.25, 0.3) is 117 Å². The van der Waals surface area contributed by atoms with Gasteiger partial charge in [0.25, 0.3) is 0 Å². The topological polar surface area (TPSA) is 92.1 Å². The molecule has 0 bridgehead atoms. The molecule has 0 spiro atoms. The van der Waals surface area contributed by atoms with Crippen molar-refractivity contribution in [2.24, 2.45) is 0 Å². The van der Waals surface area contributed by atoms with E-state index in [0.29, 0.717) is 17.5 Å². The van der Waals surface area contributed by atoms with Crippen molar-refractivity contribution < 1.29 is 0 Å². The summed E-state index contributed by atoms with van der Waals surface area (Å²) in [6, 6.07) is 56.7. The van der Waals surface area contributed by atoms with Gasteiger partial charge in [0.1, 0.15) is 0 Å². The average molecular weight is 808 g/mol. The Bertz CT molecular complexity index is 3320. The van der Waals surface area contributed by atoms with E-state index in [4.69, 9.17) is 29.9 Å². The Morgan fingerprint density at radius 2 is 0.429 bits per heavy atom. The lowest BCUT2D eigenvalue weighted by atomic mass is 10.0. The van der Waals surface area contributed by atoms with Crippen LogP contribution in [-0.2, 0) is 0 Å². The van der Waals surface area contributed by atoms with Crippen LogP contribution in [0.3, 0.4) is 0 Å². The Morgan fingerprint density at radius 1 is 0.238 bits per heavy atom. The molecule has 0 radical (unpaired) electrons. The van der Waals surface area contributed by atoms with E-state index in [-0.39, 0.29) is 0 Å². The summed E-state index contributed by atoms with van der Waals surface area (Å²) in [5.74, 6) is 1.68. The van der Waals surface area contributed by atoms with E-state index in [2.05, 4.69) is 159 Å². The summed E-state index contributed by atoms with van der Waals surface area (Å²) >= 11 is 0. The molecule has 0 aliphatic rings. The zero-order chi connectivity index (χ0) is 41.4. The Labute approximate surface area is 359 Å². The van der Waals surface area contributed by atoms with E-state index in [9.17, 15) is 0 Å². The van der Waals surface area contributed by atoms with Crippen molar-refractivity contribution in [2.75, 3.05) is 0 Å². The van der Waals surface area contributed by atoms with Crippen molar-refractivity contribution in [3.8, 4) is 51.2 Å². The molecule has 13 aromatic rings. The second-order valence-electron chi connectivity index (χ2n) is 15.7. The molecule has 6 aromatic heterocycles. The van der Waals surface area contributed by atoms with Gasteiger partial charge in [-0.1, -0.05) is 109 Å². The van der Waals surface area contributed by atoms with Crippen LogP contribution in [0.2, 0.25) is 0 Å². The van der Waals surface area contributed by atoms with Gasteiger partial charge in [-0.2, -0.15) is 0 Å². The minimum atomic E-state index is 0.561. The van der Waals surface area contributed by atoms with Crippen LogP contribution < -0.4 is 0 Å². The molecule has 0 saturated carbocycles. The van der Waals surface area contributed by atoms with Gasteiger partial charge >= 0.3 is 0 Å². The fourth-order valence-electron chi connectivity index (χ4n) is 9.37. The minimum absolute atomic E-state index is 0.561. The third-order valence-corrected chi connectivity index (χ3v) is 12.1. The molecular weight excluding hydrogens is 775 g/mol. The van der Waals surface area contributed by atoms with Crippen molar-refractivity contribution in [2.45, 2.75) is 0 Å². The number of rotatable bonds is 6. The third kappa shape index (κ3) is 5.50. The Morgan fingerprint density at radius 3 is 0.635 bits per heavy atom. The lowest BCUT2D eigenvalue weighted by Gasteiger charge is -2.12. The molecule has 0 aliphatic carbocycles. The first-order chi connectivity index (χ1) is 31.2. The number of benzene rings is 7. The van der Waals surface area contributed by atoms with Crippen LogP contribution in [0.1, 0.15) is 0 Å². The summed E-state index contributed by atoms with van der Waals surface area (Å²) < 4.78 is 6.65. The van der Waals surface area contributed by atoms with E-state index in [0.717, 1.165) is 66.9 Å². The van der Waals surface area contributed by atoms with Gasteiger partial charge in [-0.3, -0.25) is 0 Å². The first kappa shape index (κ1) is 35.0. The minimum Gasteiger partial charge on any atom is -0.306 e. The predicted octanol–water partition coefficient (Wildman–Crippen LogP) is 12.3. The molecule has 0 fully saturated rings. The van der Waals surface area contributed by atoms with Crippen LogP contribution in [0.15, 0.2) is 201 Å². The summed E-state index contributed by atoms with van der Waals surface area (Å²) in [4.78, 5) is 29.9. The van der Waals surface area contributed by atoms with Crippen molar-refractivity contribution in [3.05, 3.63) is 201 Å². The number of nitrogens with zero attached hydrogens (tertiary/aromatic N) is 9. The lowest BCUT2D eigenvalue weighted by Crippen LogP contribution is -2.00. The molecule has 294 valence electrons. The maximum absolute atomic E-state index is 4.98. The van der Waals surface area contributed by atoms with Gasteiger partial charge in [0.2, 0.25) is 0 Å². The first-order valence-corrected chi connectivity index (χ1v) is 20.8. The molecule has 0 unspecified atom stereocenters. The SMILES string of the molecule is c1ccc2c(c1)c1ccccc1n2-c1cnc(-c2cc(-c3ncc(-n4c5ccccc5c5ccccc54)cn3)cc(-c3ncc(-n4c5ccccc5c5ccccc54)cn3)c2)nc1. The molecule has 0 aliphatic heterocycles. The summed E-state index contributed by atoms with van der Waals surface area (Å²) in [7, 11) is 0. The molecule has 7 aromatic carbocycles. The highest BCUT2D eigenvalue weighted by Gasteiger charge is 2.18. The number of para-hydroxylation sites is 6. The van der Waals surface area contributed by atoms with Crippen LogP contribution >= 0.6 is 0 Å². The van der Waals surface area contributed by atoms with Crippen molar-refractivity contribution in [1.29, 1.82) is 0 Å². The van der Waals surface area contributed by atoms with Gasteiger partial charge in [0, 0.05) is 49.0 Å². The van der Waals surface area contributed by atoms with Gasteiger partial charge in [-0.15, -0.1) is 0 Å². The van der Waals surface area contributed by atoms with Gasteiger partial charge in [0.05, 0.1) is 87.3 Å². The zero-order valence-corrected chi connectivity index (χ0v) is 33.6. The van der Waals surface area contributed by atoms with Crippen LogP contribution in [0, 0.1) is 0 Å². The molecule has 0 amide bonds. The molecule has 9 heteroatoms. The number of fused-ring (bicyclic) bond motifs is 9. The molecule has 13 rings (SSSR count). The monoisotopic (exact) mass is 807 g/mol. The fourth-order valence-corrected chi connectivity index (χ4v) is 9.37. The maximum Gasteiger partial charge on any atom is 0.159 e. The normalized spacial score (nSPS) is 11.8. The van der Waals surface area contributed by atoms with E-state index in [1.807, 2.05) is 55.4 Å². The Hall–Kier alpha value is -8.82. The fraction of sp³-hybridized carbons (Fsp3) is 0. The molecule has 0 N–H and O–H groups in total.